The maximum atomic E-state index is 11.8. The quantitative estimate of drug-likeness (QED) is 0.528. The zero-order chi connectivity index (χ0) is 19.1. The number of nitrogens with zero attached hydrogens (tertiary/aromatic N) is 1. The highest BCUT2D eigenvalue weighted by Crippen LogP contribution is 2.36. The van der Waals surface area contributed by atoms with Crippen molar-refractivity contribution in [2.75, 3.05) is 20.8 Å². The van der Waals surface area contributed by atoms with E-state index in [-0.39, 0.29) is 23.9 Å². The Labute approximate surface area is 159 Å². The third kappa shape index (κ3) is 5.13. The Bertz CT molecular complexity index is 798. The summed E-state index contributed by atoms with van der Waals surface area (Å²) in [4.78, 5) is 11.8. The Morgan fingerprint density at radius 2 is 1.85 bits per heavy atom. The zero-order valence-electron chi connectivity index (χ0n) is 14.6. The van der Waals surface area contributed by atoms with Gasteiger partial charge in [-0.2, -0.15) is 5.10 Å². The van der Waals surface area contributed by atoms with Gasteiger partial charge in [0, 0.05) is 5.56 Å². The lowest BCUT2D eigenvalue weighted by atomic mass is 10.2. The summed E-state index contributed by atoms with van der Waals surface area (Å²) in [6.45, 7) is 1.78. The molecule has 2 N–H and O–H groups in total. The third-order valence-electron chi connectivity index (χ3n) is 3.35. The van der Waals surface area contributed by atoms with E-state index in [0.717, 1.165) is 10.0 Å². The number of rotatable bonds is 7. The fourth-order valence-electron chi connectivity index (χ4n) is 2.07. The van der Waals surface area contributed by atoms with E-state index in [9.17, 15) is 9.90 Å². The highest BCUT2D eigenvalue weighted by Gasteiger charge is 2.10. The van der Waals surface area contributed by atoms with Gasteiger partial charge in [-0.25, -0.2) is 5.43 Å². The summed E-state index contributed by atoms with van der Waals surface area (Å²) in [7, 11) is 2.86. The van der Waals surface area contributed by atoms with E-state index in [1.165, 1.54) is 20.4 Å². The summed E-state index contributed by atoms with van der Waals surface area (Å²) in [6, 6.07) is 8.70. The van der Waals surface area contributed by atoms with Gasteiger partial charge in [-0.1, -0.05) is 6.07 Å². The molecule has 2 aromatic rings. The molecule has 0 fully saturated rings. The molecule has 0 saturated carbocycles. The largest absolute Gasteiger partial charge is 0.502 e. The van der Waals surface area contributed by atoms with E-state index in [1.807, 2.05) is 19.1 Å². The van der Waals surface area contributed by atoms with Crippen LogP contribution in [0.1, 0.15) is 11.1 Å². The van der Waals surface area contributed by atoms with E-state index >= 15 is 0 Å². The number of halogens is 1. The molecule has 1 amide bonds. The maximum absolute atomic E-state index is 11.8. The van der Waals surface area contributed by atoms with E-state index in [0.29, 0.717) is 11.3 Å². The van der Waals surface area contributed by atoms with Gasteiger partial charge in [0.1, 0.15) is 5.75 Å². The summed E-state index contributed by atoms with van der Waals surface area (Å²) in [5, 5.41) is 13.7. The van der Waals surface area contributed by atoms with E-state index in [4.69, 9.17) is 14.2 Å². The third-order valence-corrected chi connectivity index (χ3v) is 3.97. The first kappa shape index (κ1) is 19.6. The lowest BCUT2D eigenvalue weighted by Crippen LogP contribution is -2.24. The van der Waals surface area contributed by atoms with Gasteiger partial charge in [0.2, 0.25) is 5.75 Å². The number of hydrazone groups is 1. The van der Waals surface area contributed by atoms with Crippen molar-refractivity contribution < 1.29 is 24.1 Å². The fraction of sp³-hybridized carbons (Fsp3) is 0.222. The van der Waals surface area contributed by atoms with Gasteiger partial charge >= 0.3 is 0 Å². The monoisotopic (exact) mass is 422 g/mol. The van der Waals surface area contributed by atoms with Crippen LogP contribution < -0.4 is 19.6 Å². The summed E-state index contributed by atoms with van der Waals surface area (Å²) >= 11 is 3.38. The van der Waals surface area contributed by atoms with Crippen molar-refractivity contribution in [3.05, 3.63) is 45.9 Å². The second-order valence-corrected chi connectivity index (χ2v) is 6.14. The van der Waals surface area contributed by atoms with Gasteiger partial charge in [-0.3, -0.25) is 4.79 Å². The first-order chi connectivity index (χ1) is 12.4. The molecule has 0 radical (unpaired) electrons. The molecule has 26 heavy (non-hydrogen) atoms. The van der Waals surface area contributed by atoms with Gasteiger partial charge in [0.25, 0.3) is 5.91 Å². The molecule has 0 saturated heterocycles. The number of aryl methyl sites for hydroxylation is 1. The minimum atomic E-state index is -0.411. The summed E-state index contributed by atoms with van der Waals surface area (Å²) in [5.74, 6) is 0.539. The molecule has 0 atom stereocenters. The van der Waals surface area contributed by atoms with Crippen molar-refractivity contribution in [2.24, 2.45) is 5.10 Å². The van der Waals surface area contributed by atoms with Gasteiger partial charge < -0.3 is 19.3 Å². The van der Waals surface area contributed by atoms with Crippen molar-refractivity contribution in [1.29, 1.82) is 0 Å². The Kier molecular flexibility index (Phi) is 6.85. The minimum absolute atomic E-state index is 0.103. The number of carbonyl (C=O) groups excluding carboxylic acids is 1. The number of amides is 1. The molecule has 7 nitrogen and oxygen atoms in total. The van der Waals surface area contributed by atoms with Gasteiger partial charge in [-0.15, -0.1) is 0 Å². The molecule has 0 aliphatic heterocycles. The highest BCUT2D eigenvalue weighted by atomic mass is 79.9. The number of nitrogens with one attached hydrogen (secondary N) is 1. The molecule has 0 aromatic heterocycles. The average molecular weight is 423 g/mol. The standard InChI is InChI=1S/C18H19BrN2O5/c1-11-4-5-14(13(19)6-11)26-10-17(22)21-20-9-12-7-15(24-2)18(23)16(8-12)25-3/h4-9,23H,10H2,1-3H3,(H,21,22)/b20-9+. The SMILES string of the molecule is COc1cc(/C=N/NC(=O)COc2ccc(C)cc2Br)cc(OC)c1O. The molecule has 0 bridgehead atoms. The van der Waals surface area contributed by atoms with Crippen molar-refractivity contribution in [3.63, 3.8) is 0 Å². The molecule has 8 heteroatoms. The van der Waals surface area contributed by atoms with E-state index in [2.05, 4.69) is 26.5 Å². The van der Waals surface area contributed by atoms with Gasteiger partial charge in [-0.05, 0) is 52.7 Å². The first-order valence-corrected chi connectivity index (χ1v) is 8.39. The number of ether oxygens (including phenoxy) is 3. The van der Waals surface area contributed by atoms with Crippen LogP contribution in [0.2, 0.25) is 0 Å². The van der Waals surface area contributed by atoms with Crippen LogP contribution >= 0.6 is 15.9 Å². The number of benzene rings is 2. The summed E-state index contributed by atoms with van der Waals surface area (Å²) in [6.07, 6.45) is 1.41. The van der Waals surface area contributed by atoms with Crippen molar-refractivity contribution in [1.82, 2.24) is 5.43 Å². The zero-order valence-corrected chi connectivity index (χ0v) is 16.2. The summed E-state index contributed by atoms with van der Waals surface area (Å²) < 4.78 is 16.3. The molecular weight excluding hydrogens is 404 g/mol. The number of carbonyl (C=O) groups is 1. The molecule has 0 spiro atoms. The number of aromatic hydroxyl groups is 1. The second-order valence-electron chi connectivity index (χ2n) is 5.29. The molecule has 0 aliphatic rings. The van der Waals surface area contributed by atoms with Crippen LogP contribution in [-0.2, 0) is 4.79 Å². The number of methoxy groups -OCH3 is 2. The second kappa shape index (κ2) is 9.10. The molecule has 0 heterocycles. The van der Waals surface area contributed by atoms with Gasteiger partial charge in [0.05, 0.1) is 24.9 Å². The molecule has 2 aromatic carbocycles. The summed E-state index contributed by atoms with van der Waals surface area (Å²) in [5.41, 5.74) is 4.03. The van der Waals surface area contributed by atoms with Crippen LogP contribution in [0.15, 0.2) is 39.9 Å². The lowest BCUT2D eigenvalue weighted by molar-refractivity contribution is -0.123. The normalized spacial score (nSPS) is 10.6. The van der Waals surface area contributed by atoms with Crippen LogP contribution in [0.3, 0.4) is 0 Å². The number of hydrogen-bond donors (Lipinski definition) is 2. The minimum Gasteiger partial charge on any atom is -0.502 e. The smallest absolute Gasteiger partial charge is 0.277 e. The fourth-order valence-corrected chi connectivity index (χ4v) is 2.67. The average Bonchev–Trinajstić information content (AvgIpc) is 2.62. The van der Waals surface area contributed by atoms with E-state index in [1.54, 1.807) is 18.2 Å². The predicted molar refractivity (Wildman–Crippen MR) is 101 cm³/mol. The predicted octanol–water partition coefficient (Wildman–Crippen LogP) is 3.01. The highest BCUT2D eigenvalue weighted by molar-refractivity contribution is 9.10. The first-order valence-electron chi connectivity index (χ1n) is 7.60. The molecule has 0 aliphatic carbocycles. The van der Waals surface area contributed by atoms with Crippen LogP contribution in [0.5, 0.6) is 23.0 Å². The van der Waals surface area contributed by atoms with Crippen molar-refractivity contribution in [2.45, 2.75) is 6.92 Å². The Balaban J connectivity index is 1.94. The Morgan fingerprint density at radius 3 is 2.42 bits per heavy atom. The molecule has 2 rings (SSSR count). The Morgan fingerprint density at radius 1 is 1.19 bits per heavy atom. The van der Waals surface area contributed by atoms with Crippen molar-refractivity contribution >= 4 is 28.1 Å². The Hall–Kier alpha value is -2.74. The maximum Gasteiger partial charge on any atom is 0.277 e. The number of phenols is 1. The van der Waals surface area contributed by atoms with E-state index < -0.39 is 5.91 Å². The molecule has 138 valence electrons. The van der Waals surface area contributed by atoms with Crippen LogP contribution in [0, 0.1) is 6.92 Å². The van der Waals surface area contributed by atoms with Gasteiger partial charge in [0.15, 0.2) is 18.1 Å². The van der Waals surface area contributed by atoms with Crippen LogP contribution in [0.25, 0.3) is 0 Å². The topological polar surface area (TPSA) is 89.4 Å². The van der Waals surface area contributed by atoms with Crippen LogP contribution in [0.4, 0.5) is 0 Å². The lowest BCUT2D eigenvalue weighted by Gasteiger charge is -2.09. The number of phenolic OH excluding ortho intramolecular Hbond substituents is 1. The number of hydrogen-bond acceptors (Lipinski definition) is 6. The van der Waals surface area contributed by atoms with Crippen molar-refractivity contribution in [3.8, 4) is 23.0 Å². The van der Waals surface area contributed by atoms with Crippen LogP contribution in [-0.4, -0.2) is 38.1 Å². The molecular formula is C18H19BrN2O5. The molecule has 0 unspecified atom stereocenters.